The fourth-order valence-corrected chi connectivity index (χ4v) is 2.77. The minimum Gasteiger partial charge on any atom is -0.397 e. The van der Waals surface area contributed by atoms with Crippen molar-refractivity contribution >= 4 is 22.3 Å². The second-order valence-electron chi connectivity index (χ2n) is 4.97. The van der Waals surface area contributed by atoms with Crippen molar-refractivity contribution in [3.05, 3.63) is 30.5 Å². The van der Waals surface area contributed by atoms with Gasteiger partial charge < -0.3 is 10.6 Å². The molecule has 0 saturated carbocycles. The Morgan fingerprint density at radius 3 is 2.56 bits per heavy atom. The van der Waals surface area contributed by atoms with Crippen LogP contribution in [0.15, 0.2) is 30.5 Å². The van der Waals surface area contributed by atoms with E-state index in [4.69, 9.17) is 5.73 Å². The molecule has 1 aromatic heterocycles. The maximum Gasteiger partial charge on any atom is 0.0951 e. The molecule has 94 valence electrons. The van der Waals surface area contributed by atoms with E-state index in [0.717, 1.165) is 24.3 Å². The van der Waals surface area contributed by atoms with Crippen LogP contribution in [-0.2, 0) is 0 Å². The third kappa shape index (κ3) is 2.01. The minimum atomic E-state index is 0.768. The highest BCUT2D eigenvalue weighted by Crippen LogP contribution is 2.30. The highest BCUT2D eigenvalue weighted by atomic mass is 15.1. The number of aromatic nitrogens is 1. The van der Waals surface area contributed by atoms with Crippen LogP contribution in [0.4, 0.5) is 11.4 Å². The van der Waals surface area contributed by atoms with Crippen LogP contribution in [0, 0.1) is 0 Å². The third-order valence-corrected chi connectivity index (χ3v) is 3.72. The predicted octanol–water partition coefficient (Wildman–Crippen LogP) is 3.20. The van der Waals surface area contributed by atoms with Crippen molar-refractivity contribution in [2.45, 2.75) is 25.7 Å². The summed E-state index contributed by atoms with van der Waals surface area (Å²) in [6.07, 6.45) is 7.08. The molecular weight excluding hydrogens is 222 g/mol. The molecule has 1 aliphatic heterocycles. The Bertz CT molecular complexity index is 542. The van der Waals surface area contributed by atoms with Gasteiger partial charge in [0.05, 0.1) is 11.2 Å². The Morgan fingerprint density at radius 1 is 1.00 bits per heavy atom. The van der Waals surface area contributed by atoms with Crippen molar-refractivity contribution in [3.8, 4) is 0 Å². The molecule has 1 aliphatic rings. The zero-order valence-electron chi connectivity index (χ0n) is 10.6. The van der Waals surface area contributed by atoms with Gasteiger partial charge in [-0.05, 0) is 37.1 Å². The van der Waals surface area contributed by atoms with Crippen LogP contribution >= 0.6 is 0 Å². The van der Waals surface area contributed by atoms with E-state index < -0.39 is 0 Å². The third-order valence-electron chi connectivity index (χ3n) is 3.72. The van der Waals surface area contributed by atoms with Crippen molar-refractivity contribution < 1.29 is 0 Å². The van der Waals surface area contributed by atoms with Crippen LogP contribution in [0.2, 0.25) is 0 Å². The molecule has 2 aromatic rings. The second-order valence-corrected chi connectivity index (χ2v) is 4.97. The lowest BCUT2D eigenvalue weighted by atomic mass is 10.1. The average Bonchev–Trinajstić information content (AvgIpc) is 2.68. The molecule has 1 fully saturated rings. The average molecular weight is 241 g/mol. The molecule has 0 spiro atoms. The van der Waals surface area contributed by atoms with Crippen LogP contribution in [0.25, 0.3) is 10.9 Å². The molecule has 0 radical (unpaired) electrons. The molecule has 0 bridgehead atoms. The van der Waals surface area contributed by atoms with Crippen molar-refractivity contribution in [1.29, 1.82) is 0 Å². The fraction of sp³-hybridized carbons (Fsp3) is 0.400. The lowest BCUT2D eigenvalue weighted by molar-refractivity contribution is 0.726. The number of pyridine rings is 1. The number of hydrogen-bond donors (Lipinski definition) is 1. The van der Waals surface area contributed by atoms with E-state index in [2.05, 4.69) is 22.0 Å². The predicted molar refractivity (Wildman–Crippen MR) is 76.8 cm³/mol. The Hall–Kier alpha value is -1.77. The van der Waals surface area contributed by atoms with Crippen LogP contribution in [0.1, 0.15) is 25.7 Å². The minimum absolute atomic E-state index is 0.768. The summed E-state index contributed by atoms with van der Waals surface area (Å²) < 4.78 is 0. The zero-order valence-corrected chi connectivity index (χ0v) is 10.6. The molecule has 3 nitrogen and oxygen atoms in total. The first-order chi connectivity index (χ1) is 8.86. The number of anilines is 2. The van der Waals surface area contributed by atoms with Gasteiger partial charge in [0, 0.05) is 30.4 Å². The number of rotatable bonds is 1. The molecule has 18 heavy (non-hydrogen) atoms. The lowest BCUT2D eigenvalue weighted by Crippen LogP contribution is -2.24. The first-order valence-corrected chi connectivity index (χ1v) is 6.74. The normalized spacial score (nSPS) is 16.8. The fourth-order valence-electron chi connectivity index (χ4n) is 2.77. The van der Waals surface area contributed by atoms with Crippen LogP contribution in [-0.4, -0.2) is 18.1 Å². The Labute approximate surface area is 108 Å². The SMILES string of the molecule is Nc1ccc(N2CCCCCC2)c2cccnc12. The van der Waals surface area contributed by atoms with Gasteiger partial charge in [-0.3, -0.25) is 4.98 Å². The van der Waals surface area contributed by atoms with Gasteiger partial charge in [0.15, 0.2) is 0 Å². The monoisotopic (exact) mass is 241 g/mol. The number of benzene rings is 1. The highest BCUT2D eigenvalue weighted by molar-refractivity contribution is 5.98. The van der Waals surface area contributed by atoms with Crippen molar-refractivity contribution in [2.24, 2.45) is 0 Å². The molecule has 2 N–H and O–H groups in total. The topological polar surface area (TPSA) is 42.1 Å². The van der Waals surface area contributed by atoms with Gasteiger partial charge in [-0.15, -0.1) is 0 Å². The summed E-state index contributed by atoms with van der Waals surface area (Å²) in [5.74, 6) is 0. The summed E-state index contributed by atoms with van der Waals surface area (Å²) >= 11 is 0. The first kappa shape index (κ1) is 11.3. The van der Waals surface area contributed by atoms with Crippen molar-refractivity contribution in [3.63, 3.8) is 0 Å². The van der Waals surface area contributed by atoms with E-state index in [-0.39, 0.29) is 0 Å². The molecule has 3 rings (SSSR count). The number of hydrogen-bond acceptors (Lipinski definition) is 3. The Balaban J connectivity index is 2.08. The second kappa shape index (κ2) is 4.84. The highest BCUT2D eigenvalue weighted by Gasteiger charge is 2.13. The van der Waals surface area contributed by atoms with Gasteiger partial charge in [-0.1, -0.05) is 12.8 Å². The molecule has 0 unspecified atom stereocenters. The number of nitrogen functional groups attached to an aromatic ring is 1. The number of fused-ring (bicyclic) bond motifs is 1. The van der Waals surface area contributed by atoms with Crippen molar-refractivity contribution in [2.75, 3.05) is 23.7 Å². The summed E-state index contributed by atoms with van der Waals surface area (Å²) in [5, 5.41) is 1.18. The van der Waals surface area contributed by atoms with E-state index in [1.807, 2.05) is 18.3 Å². The molecule has 3 heteroatoms. The zero-order chi connectivity index (χ0) is 12.4. The lowest BCUT2D eigenvalue weighted by Gasteiger charge is -2.24. The van der Waals surface area contributed by atoms with Crippen LogP contribution in [0.3, 0.4) is 0 Å². The van der Waals surface area contributed by atoms with Gasteiger partial charge >= 0.3 is 0 Å². The van der Waals surface area contributed by atoms with E-state index in [1.165, 1.54) is 36.8 Å². The van der Waals surface area contributed by atoms with Gasteiger partial charge in [0.25, 0.3) is 0 Å². The Kier molecular flexibility index (Phi) is 3.05. The summed E-state index contributed by atoms with van der Waals surface area (Å²) in [7, 11) is 0. The maximum absolute atomic E-state index is 6.00. The summed E-state index contributed by atoms with van der Waals surface area (Å²) in [5.41, 5.74) is 8.99. The Morgan fingerprint density at radius 2 is 1.78 bits per heavy atom. The van der Waals surface area contributed by atoms with Crippen LogP contribution in [0.5, 0.6) is 0 Å². The van der Waals surface area contributed by atoms with E-state index >= 15 is 0 Å². The largest absolute Gasteiger partial charge is 0.397 e. The molecule has 0 atom stereocenters. The summed E-state index contributed by atoms with van der Waals surface area (Å²) in [4.78, 5) is 6.89. The van der Waals surface area contributed by atoms with Crippen molar-refractivity contribution in [1.82, 2.24) is 4.98 Å². The van der Waals surface area contributed by atoms with Gasteiger partial charge in [0.2, 0.25) is 0 Å². The molecular formula is C15H19N3. The number of nitrogens with zero attached hydrogens (tertiary/aromatic N) is 2. The van der Waals surface area contributed by atoms with Crippen LogP contribution < -0.4 is 10.6 Å². The molecule has 2 heterocycles. The quantitative estimate of drug-likeness (QED) is 0.780. The molecule has 0 aliphatic carbocycles. The maximum atomic E-state index is 6.00. The van der Waals surface area contributed by atoms with E-state index in [9.17, 15) is 0 Å². The first-order valence-electron chi connectivity index (χ1n) is 6.74. The van der Waals surface area contributed by atoms with E-state index in [0.29, 0.717) is 0 Å². The number of nitrogens with two attached hydrogens (primary N) is 1. The molecule has 0 amide bonds. The molecule has 1 aromatic carbocycles. The summed E-state index contributed by atoms with van der Waals surface area (Å²) in [6, 6.07) is 8.24. The van der Waals surface area contributed by atoms with Gasteiger partial charge in [-0.2, -0.15) is 0 Å². The standard InChI is InChI=1S/C15H19N3/c16-13-7-8-14(12-6-5-9-17-15(12)13)18-10-3-1-2-4-11-18/h5-9H,1-4,10-11,16H2. The van der Waals surface area contributed by atoms with Gasteiger partial charge in [0.1, 0.15) is 0 Å². The molecule has 1 saturated heterocycles. The summed E-state index contributed by atoms with van der Waals surface area (Å²) in [6.45, 7) is 2.29. The smallest absolute Gasteiger partial charge is 0.0951 e. The van der Waals surface area contributed by atoms with E-state index in [1.54, 1.807) is 0 Å². The van der Waals surface area contributed by atoms with Gasteiger partial charge in [-0.25, -0.2) is 0 Å².